The van der Waals surface area contributed by atoms with Crippen LogP contribution in [-0.4, -0.2) is 59.0 Å². The fourth-order valence-electron chi connectivity index (χ4n) is 2.27. The first-order valence-electron chi connectivity index (χ1n) is 6.86. The molecule has 0 atom stereocenters. The Balaban J connectivity index is 2.11. The second-order valence-electron chi connectivity index (χ2n) is 5.33. The number of aliphatic carboxylic acids is 1. The van der Waals surface area contributed by atoms with Gasteiger partial charge in [0.2, 0.25) is 0 Å². The molecule has 0 saturated carbocycles. The van der Waals surface area contributed by atoms with Crippen molar-refractivity contribution in [2.75, 3.05) is 38.1 Å². The molecule has 1 aliphatic heterocycles. The molecule has 1 aromatic rings. The summed E-state index contributed by atoms with van der Waals surface area (Å²) in [5.74, 6) is -1.02. The summed E-state index contributed by atoms with van der Waals surface area (Å²) >= 11 is 0. The maximum atomic E-state index is 12.1. The Morgan fingerprint density at radius 3 is 2.62 bits per heavy atom. The van der Waals surface area contributed by atoms with E-state index >= 15 is 0 Å². The summed E-state index contributed by atoms with van der Waals surface area (Å²) in [6.07, 6.45) is 2.75. The van der Waals surface area contributed by atoms with E-state index in [0.29, 0.717) is 5.57 Å². The van der Waals surface area contributed by atoms with Crippen molar-refractivity contribution in [1.82, 2.24) is 14.7 Å². The average Bonchev–Trinajstić information content (AvgIpc) is 2.41. The Morgan fingerprint density at radius 2 is 2.05 bits per heavy atom. The zero-order valence-corrected chi connectivity index (χ0v) is 12.3. The highest BCUT2D eigenvalue weighted by Gasteiger charge is 2.15. The SMILES string of the molecule is CC(=CC(=O)O)Cn1ncc(N2CCN(C)CC2)cc1=O. The van der Waals surface area contributed by atoms with E-state index in [1.165, 1.54) is 4.68 Å². The number of carboxylic acid groups (broad SMARTS) is 1. The van der Waals surface area contributed by atoms with Gasteiger partial charge in [-0.15, -0.1) is 0 Å². The van der Waals surface area contributed by atoms with Gasteiger partial charge in [0, 0.05) is 38.3 Å². The largest absolute Gasteiger partial charge is 0.478 e. The van der Waals surface area contributed by atoms with E-state index in [1.54, 1.807) is 19.2 Å². The lowest BCUT2D eigenvalue weighted by atomic mass is 10.2. The van der Waals surface area contributed by atoms with Crippen LogP contribution in [0.15, 0.2) is 28.7 Å². The van der Waals surface area contributed by atoms with Crippen molar-refractivity contribution in [3.63, 3.8) is 0 Å². The van der Waals surface area contributed by atoms with Crippen molar-refractivity contribution in [3.8, 4) is 0 Å². The van der Waals surface area contributed by atoms with Crippen LogP contribution in [0.1, 0.15) is 6.92 Å². The lowest BCUT2D eigenvalue weighted by molar-refractivity contribution is -0.131. The number of rotatable bonds is 4. The van der Waals surface area contributed by atoms with Crippen LogP contribution in [-0.2, 0) is 11.3 Å². The summed E-state index contributed by atoms with van der Waals surface area (Å²) in [6, 6.07) is 1.56. The highest BCUT2D eigenvalue weighted by atomic mass is 16.4. The number of nitrogens with zero attached hydrogens (tertiary/aromatic N) is 4. The van der Waals surface area contributed by atoms with Gasteiger partial charge in [-0.05, 0) is 19.5 Å². The van der Waals surface area contributed by atoms with E-state index in [0.717, 1.165) is 37.9 Å². The summed E-state index contributed by atoms with van der Waals surface area (Å²) < 4.78 is 1.27. The van der Waals surface area contributed by atoms with Crippen molar-refractivity contribution in [1.29, 1.82) is 0 Å². The summed E-state index contributed by atoms with van der Waals surface area (Å²) in [4.78, 5) is 27.0. The molecule has 0 aromatic carbocycles. The predicted octanol–water partition coefficient (Wildman–Crippen LogP) is 0.0260. The minimum atomic E-state index is -1.02. The van der Waals surface area contributed by atoms with Crippen LogP contribution < -0.4 is 10.5 Å². The number of hydrogen-bond acceptors (Lipinski definition) is 5. The van der Waals surface area contributed by atoms with E-state index in [-0.39, 0.29) is 12.1 Å². The van der Waals surface area contributed by atoms with Gasteiger partial charge in [-0.1, -0.05) is 0 Å². The number of likely N-dealkylation sites (N-methyl/N-ethyl adjacent to an activating group) is 1. The molecular formula is C14H20N4O3. The molecule has 0 radical (unpaired) electrons. The smallest absolute Gasteiger partial charge is 0.328 e. The fourth-order valence-corrected chi connectivity index (χ4v) is 2.27. The van der Waals surface area contributed by atoms with Crippen LogP contribution in [0.4, 0.5) is 5.69 Å². The maximum absolute atomic E-state index is 12.1. The predicted molar refractivity (Wildman–Crippen MR) is 79.6 cm³/mol. The molecular weight excluding hydrogens is 272 g/mol. The first kappa shape index (κ1) is 15.2. The van der Waals surface area contributed by atoms with Crippen molar-refractivity contribution in [3.05, 3.63) is 34.3 Å². The molecule has 7 nitrogen and oxygen atoms in total. The number of aromatic nitrogens is 2. The van der Waals surface area contributed by atoms with Crippen molar-refractivity contribution >= 4 is 11.7 Å². The minimum Gasteiger partial charge on any atom is -0.478 e. The van der Waals surface area contributed by atoms with Gasteiger partial charge in [0.1, 0.15) is 0 Å². The molecule has 1 aliphatic rings. The quantitative estimate of drug-likeness (QED) is 0.789. The monoisotopic (exact) mass is 292 g/mol. The first-order chi connectivity index (χ1) is 9.95. The molecule has 1 saturated heterocycles. The molecule has 1 fully saturated rings. The molecule has 2 rings (SSSR count). The van der Waals surface area contributed by atoms with Crippen LogP contribution in [0.2, 0.25) is 0 Å². The van der Waals surface area contributed by atoms with Crippen LogP contribution in [0.3, 0.4) is 0 Å². The van der Waals surface area contributed by atoms with E-state index < -0.39 is 5.97 Å². The van der Waals surface area contributed by atoms with E-state index in [1.807, 2.05) is 0 Å². The Morgan fingerprint density at radius 1 is 1.38 bits per heavy atom. The van der Waals surface area contributed by atoms with Gasteiger partial charge in [0.25, 0.3) is 5.56 Å². The third-order valence-corrected chi connectivity index (χ3v) is 3.49. The van der Waals surface area contributed by atoms with Crippen LogP contribution in [0.25, 0.3) is 0 Å². The third kappa shape index (κ3) is 4.16. The Bertz CT molecular complexity index is 600. The molecule has 1 N–H and O–H groups in total. The van der Waals surface area contributed by atoms with E-state index in [9.17, 15) is 9.59 Å². The van der Waals surface area contributed by atoms with Crippen molar-refractivity contribution in [2.24, 2.45) is 0 Å². The number of carboxylic acids is 1. The van der Waals surface area contributed by atoms with Gasteiger partial charge in [0.05, 0.1) is 18.4 Å². The number of hydrogen-bond donors (Lipinski definition) is 1. The summed E-state index contributed by atoms with van der Waals surface area (Å²) in [6.45, 7) is 5.52. The number of piperazine rings is 1. The maximum Gasteiger partial charge on any atom is 0.328 e. The minimum absolute atomic E-state index is 0.189. The zero-order valence-electron chi connectivity index (χ0n) is 12.3. The van der Waals surface area contributed by atoms with Gasteiger partial charge >= 0.3 is 5.97 Å². The van der Waals surface area contributed by atoms with E-state index in [2.05, 4.69) is 21.9 Å². The molecule has 114 valence electrons. The molecule has 0 unspecified atom stereocenters. The summed E-state index contributed by atoms with van der Waals surface area (Å²) in [5.41, 5.74) is 1.18. The molecule has 2 heterocycles. The Labute approximate surface area is 123 Å². The Hall–Kier alpha value is -2.15. The molecule has 1 aromatic heterocycles. The van der Waals surface area contributed by atoms with Crippen molar-refractivity contribution < 1.29 is 9.90 Å². The number of carbonyl (C=O) groups is 1. The summed E-state index contributed by atoms with van der Waals surface area (Å²) in [7, 11) is 2.07. The molecule has 7 heteroatoms. The van der Waals surface area contributed by atoms with E-state index in [4.69, 9.17) is 5.11 Å². The second kappa shape index (κ2) is 6.53. The molecule has 0 aliphatic carbocycles. The third-order valence-electron chi connectivity index (χ3n) is 3.49. The molecule has 21 heavy (non-hydrogen) atoms. The second-order valence-corrected chi connectivity index (χ2v) is 5.33. The van der Waals surface area contributed by atoms with Crippen LogP contribution in [0, 0.1) is 0 Å². The molecule has 0 bridgehead atoms. The van der Waals surface area contributed by atoms with Gasteiger partial charge in [0.15, 0.2) is 0 Å². The average molecular weight is 292 g/mol. The normalized spacial score (nSPS) is 17.0. The van der Waals surface area contributed by atoms with Crippen molar-refractivity contribution in [2.45, 2.75) is 13.5 Å². The zero-order chi connectivity index (χ0) is 15.4. The molecule has 0 spiro atoms. The lowest BCUT2D eigenvalue weighted by Crippen LogP contribution is -2.45. The van der Waals surface area contributed by atoms with Gasteiger partial charge in [-0.3, -0.25) is 4.79 Å². The van der Waals surface area contributed by atoms with Gasteiger partial charge in [-0.2, -0.15) is 5.10 Å². The lowest BCUT2D eigenvalue weighted by Gasteiger charge is -2.33. The van der Waals surface area contributed by atoms with Crippen LogP contribution in [0.5, 0.6) is 0 Å². The summed E-state index contributed by atoms with van der Waals surface area (Å²) in [5, 5.41) is 12.8. The van der Waals surface area contributed by atoms with Crippen LogP contribution >= 0.6 is 0 Å². The topological polar surface area (TPSA) is 78.7 Å². The fraction of sp³-hybridized carbons (Fsp3) is 0.500. The highest BCUT2D eigenvalue weighted by molar-refractivity contribution is 5.80. The Kier molecular flexibility index (Phi) is 4.74. The number of anilines is 1. The standard InChI is InChI=1S/C14H20N4O3/c1-11(7-14(20)21)10-18-13(19)8-12(9-15-18)17-5-3-16(2)4-6-17/h7-9H,3-6,10H2,1-2H3,(H,20,21). The molecule has 0 amide bonds. The van der Waals surface area contributed by atoms with Gasteiger partial charge in [-0.25, -0.2) is 9.48 Å². The highest BCUT2D eigenvalue weighted by Crippen LogP contribution is 2.12. The number of allylic oxidation sites excluding steroid dienone is 1. The van der Waals surface area contributed by atoms with Gasteiger partial charge < -0.3 is 14.9 Å². The first-order valence-corrected chi connectivity index (χ1v) is 6.86.